The molecule has 1 aliphatic heterocycles. The van der Waals surface area contributed by atoms with Crippen molar-refractivity contribution in [2.24, 2.45) is 10.4 Å². The molecule has 0 aromatic carbocycles. The van der Waals surface area contributed by atoms with Gasteiger partial charge in [-0.05, 0) is 32.1 Å². The zero-order valence-corrected chi connectivity index (χ0v) is 19.6. The van der Waals surface area contributed by atoms with E-state index in [2.05, 4.69) is 55.1 Å². The third-order valence-electron chi connectivity index (χ3n) is 4.18. The van der Waals surface area contributed by atoms with Crippen LogP contribution in [0.15, 0.2) is 4.99 Å². The van der Waals surface area contributed by atoms with Gasteiger partial charge in [-0.25, -0.2) is 8.42 Å². The van der Waals surface area contributed by atoms with Gasteiger partial charge >= 0.3 is 0 Å². The summed E-state index contributed by atoms with van der Waals surface area (Å²) < 4.78 is 22.9. The molecule has 0 spiro atoms. The Bertz CT molecular complexity index is 489. The lowest BCUT2D eigenvalue weighted by Crippen LogP contribution is -2.44. The minimum absolute atomic E-state index is 0. The maximum absolute atomic E-state index is 11.4. The van der Waals surface area contributed by atoms with Gasteiger partial charge in [-0.3, -0.25) is 9.89 Å². The second kappa shape index (κ2) is 11.6. The molecule has 6 nitrogen and oxygen atoms in total. The Hall–Kier alpha value is -0.0900. The molecule has 0 amide bonds. The number of sulfone groups is 1. The molecule has 2 N–H and O–H groups in total. The van der Waals surface area contributed by atoms with Gasteiger partial charge in [0.15, 0.2) is 15.8 Å². The molecule has 0 bridgehead atoms. The second-order valence-electron chi connectivity index (χ2n) is 7.90. The van der Waals surface area contributed by atoms with Crippen LogP contribution >= 0.6 is 24.0 Å². The molecule has 1 unspecified atom stereocenters. The van der Waals surface area contributed by atoms with Gasteiger partial charge in [-0.2, -0.15) is 0 Å². The van der Waals surface area contributed by atoms with Crippen LogP contribution in [0.25, 0.3) is 0 Å². The number of guanidine groups is 1. The Morgan fingerprint density at radius 3 is 2.36 bits per heavy atom. The molecule has 0 aromatic rings. The molecule has 1 fully saturated rings. The van der Waals surface area contributed by atoms with E-state index in [-0.39, 0.29) is 35.5 Å². The number of nitrogens with one attached hydrogen (secondary N) is 2. The first-order chi connectivity index (χ1) is 11.1. The Balaban J connectivity index is 0.00000576. The third kappa shape index (κ3) is 12.0. The van der Waals surface area contributed by atoms with Gasteiger partial charge in [0.05, 0.1) is 18.1 Å². The maximum Gasteiger partial charge on any atom is 0.191 e. The molecule has 8 heteroatoms. The van der Waals surface area contributed by atoms with E-state index >= 15 is 0 Å². The molecule has 0 radical (unpaired) electrons. The summed E-state index contributed by atoms with van der Waals surface area (Å²) in [5.41, 5.74) is 0.347. The van der Waals surface area contributed by atoms with E-state index in [4.69, 9.17) is 0 Å². The lowest BCUT2D eigenvalue weighted by Gasteiger charge is -2.26. The van der Waals surface area contributed by atoms with Crippen LogP contribution in [0.1, 0.15) is 47.5 Å². The van der Waals surface area contributed by atoms with E-state index in [1.807, 2.05) is 0 Å². The van der Waals surface area contributed by atoms with Crippen molar-refractivity contribution in [3.05, 3.63) is 0 Å². The Kier molecular flexibility index (Phi) is 11.5. The number of hydrogen-bond donors (Lipinski definition) is 2. The summed E-state index contributed by atoms with van der Waals surface area (Å²) in [5.74, 6) is 1.40. The number of halogens is 1. The monoisotopic (exact) mass is 488 g/mol. The van der Waals surface area contributed by atoms with Crippen molar-refractivity contribution in [1.29, 1.82) is 0 Å². The predicted molar refractivity (Wildman–Crippen MR) is 118 cm³/mol. The Labute approximate surface area is 171 Å². The Morgan fingerprint density at radius 2 is 1.84 bits per heavy atom. The van der Waals surface area contributed by atoms with Crippen LogP contribution in [0.5, 0.6) is 0 Å². The molecule has 1 atom stereocenters. The van der Waals surface area contributed by atoms with Gasteiger partial charge in [0.2, 0.25) is 0 Å². The highest BCUT2D eigenvalue weighted by Gasteiger charge is 2.21. The van der Waals surface area contributed by atoms with Crippen molar-refractivity contribution in [1.82, 2.24) is 15.5 Å². The smallest absolute Gasteiger partial charge is 0.191 e. The molecule has 1 saturated heterocycles. The average molecular weight is 488 g/mol. The third-order valence-corrected chi connectivity index (χ3v) is 5.79. The predicted octanol–water partition coefficient (Wildman–Crippen LogP) is 2.10. The van der Waals surface area contributed by atoms with Crippen molar-refractivity contribution in [2.45, 2.75) is 53.5 Å². The van der Waals surface area contributed by atoms with Crippen molar-refractivity contribution in [3.8, 4) is 0 Å². The number of nitrogens with zero attached hydrogens (tertiary/aromatic N) is 2. The molecule has 1 heterocycles. The molecular formula is C17H37IN4O2S. The van der Waals surface area contributed by atoms with Crippen LogP contribution in [0.3, 0.4) is 0 Å². The first-order valence-electron chi connectivity index (χ1n) is 9.09. The van der Waals surface area contributed by atoms with E-state index in [0.717, 1.165) is 25.5 Å². The maximum atomic E-state index is 11.4. The molecular weight excluding hydrogens is 451 g/mol. The quantitative estimate of drug-likeness (QED) is 0.326. The second-order valence-corrected chi connectivity index (χ2v) is 10.2. The average Bonchev–Trinajstić information content (AvgIpc) is 2.46. The largest absolute Gasteiger partial charge is 0.357 e. The molecule has 0 aromatic heterocycles. The van der Waals surface area contributed by atoms with Crippen LogP contribution in [-0.2, 0) is 9.84 Å². The lowest BCUT2D eigenvalue weighted by atomic mass is 9.89. The van der Waals surface area contributed by atoms with Crippen LogP contribution in [0.2, 0.25) is 0 Å². The molecule has 1 rings (SSSR count). The van der Waals surface area contributed by atoms with E-state index < -0.39 is 9.84 Å². The zero-order chi connectivity index (χ0) is 18.2. The van der Waals surface area contributed by atoms with Crippen LogP contribution in [-0.4, -0.2) is 69.5 Å². The van der Waals surface area contributed by atoms with Crippen molar-refractivity contribution in [2.75, 3.05) is 44.2 Å². The highest BCUT2D eigenvalue weighted by atomic mass is 127. The van der Waals surface area contributed by atoms with Crippen LogP contribution in [0.4, 0.5) is 0 Å². The van der Waals surface area contributed by atoms with Crippen molar-refractivity contribution >= 4 is 39.8 Å². The highest BCUT2D eigenvalue weighted by molar-refractivity contribution is 14.0. The number of aliphatic imine (C=N–C) groups is 1. The normalized spacial score (nSPS) is 19.8. The molecule has 0 saturated carbocycles. The highest BCUT2D eigenvalue weighted by Crippen LogP contribution is 2.21. The van der Waals surface area contributed by atoms with E-state index in [0.29, 0.717) is 31.1 Å². The van der Waals surface area contributed by atoms with E-state index in [9.17, 15) is 8.42 Å². The van der Waals surface area contributed by atoms with Crippen molar-refractivity contribution in [3.63, 3.8) is 0 Å². The van der Waals surface area contributed by atoms with Gasteiger partial charge in [0, 0.05) is 32.2 Å². The fraction of sp³-hybridized carbons (Fsp3) is 0.941. The van der Waals surface area contributed by atoms with Gasteiger partial charge in [-0.15, -0.1) is 24.0 Å². The van der Waals surface area contributed by atoms with E-state index in [1.165, 1.54) is 6.42 Å². The lowest BCUT2D eigenvalue weighted by molar-refractivity contribution is 0.304. The summed E-state index contributed by atoms with van der Waals surface area (Å²) in [4.78, 5) is 6.81. The SMILES string of the molecule is CCNC(=NCCN1CCS(=O)(=O)CC1)NC(C)CCC(C)(C)C.I. The van der Waals surface area contributed by atoms with Gasteiger partial charge in [-0.1, -0.05) is 20.8 Å². The fourth-order valence-electron chi connectivity index (χ4n) is 2.55. The first kappa shape index (κ1) is 24.9. The van der Waals surface area contributed by atoms with Gasteiger partial charge < -0.3 is 10.6 Å². The molecule has 25 heavy (non-hydrogen) atoms. The molecule has 150 valence electrons. The number of rotatable bonds is 7. The standard InChI is InChI=1S/C17H36N4O2S.HI/c1-6-18-16(20-15(2)7-8-17(3,4)5)19-9-10-21-11-13-24(22,23)14-12-21;/h15H,6-14H2,1-5H3,(H2,18,19,20);1H. The van der Waals surface area contributed by atoms with Crippen molar-refractivity contribution < 1.29 is 8.42 Å². The Morgan fingerprint density at radius 1 is 1.24 bits per heavy atom. The fourth-order valence-corrected chi connectivity index (χ4v) is 3.83. The minimum atomic E-state index is -2.80. The van der Waals surface area contributed by atoms with Crippen LogP contribution < -0.4 is 10.6 Å². The topological polar surface area (TPSA) is 73.8 Å². The summed E-state index contributed by atoms with van der Waals surface area (Å²) in [6, 6.07) is 0.377. The summed E-state index contributed by atoms with van der Waals surface area (Å²) in [6.07, 6.45) is 2.28. The minimum Gasteiger partial charge on any atom is -0.357 e. The first-order valence-corrected chi connectivity index (χ1v) is 10.9. The summed E-state index contributed by atoms with van der Waals surface area (Å²) >= 11 is 0. The van der Waals surface area contributed by atoms with Gasteiger partial charge in [0.1, 0.15) is 0 Å². The zero-order valence-electron chi connectivity index (χ0n) is 16.5. The molecule has 1 aliphatic rings. The summed E-state index contributed by atoms with van der Waals surface area (Å²) in [5, 5.41) is 6.75. The van der Waals surface area contributed by atoms with E-state index in [1.54, 1.807) is 0 Å². The van der Waals surface area contributed by atoms with Crippen LogP contribution in [0, 0.1) is 5.41 Å². The summed E-state index contributed by atoms with van der Waals surface area (Å²) in [6.45, 7) is 14.6. The summed E-state index contributed by atoms with van der Waals surface area (Å²) in [7, 11) is -2.80. The molecule has 0 aliphatic carbocycles. The van der Waals surface area contributed by atoms with Gasteiger partial charge in [0.25, 0.3) is 0 Å². The number of hydrogen-bond acceptors (Lipinski definition) is 4.